The van der Waals surface area contributed by atoms with Crippen LogP contribution in [0.2, 0.25) is 0 Å². The quantitative estimate of drug-likeness (QED) is 0.529. The molecule has 0 radical (unpaired) electrons. The highest BCUT2D eigenvalue weighted by Crippen LogP contribution is 1.97. The summed E-state index contributed by atoms with van der Waals surface area (Å²) >= 11 is 0. The second-order valence-electron chi connectivity index (χ2n) is 4.49. The molecule has 0 saturated carbocycles. The molecule has 0 aliphatic carbocycles. The molecule has 0 unspecified atom stereocenters. The number of rotatable bonds is 9. The van der Waals surface area contributed by atoms with Crippen molar-refractivity contribution >= 4 is 5.91 Å². The Labute approximate surface area is 116 Å². The van der Waals surface area contributed by atoms with Crippen LogP contribution < -0.4 is 10.6 Å². The van der Waals surface area contributed by atoms with Gasteiger partial charge in [-0.2, -0.15) is 0 Å². The molecule has 3 nitrogen and oxygen atoms in total. The number of benzene rings is 1. The van der Waals surface area contributed by atoms with Gasteiger partial charge in [0.15, 0.2) is 0 Å². The summed E-state index contributed by atoms with van der Waals surface area (Å²) in [7, 11) is 0. The van der Waals surface area contributed by atoms with Crippen LogP contribution in [0.25, 0.3) is 0 Å². The number of carbonyl (C=O) groups excluding carboxylic acids is 1. The molecular formula is C16H24N2O. The number of amides is 1. The van der Waals surface area contributed by atoms with E-state index < -0.39 is 0 Å². The topological polar surface area (TPSA) is 41.1 Å². The standard InChI is InChI=1S/C16H24N2O/c1-2-3-11-16(19)18-13-8-7-12-17-14-15-9-5-4-6-10-15/h2-6,9-10,17H,7-8,11-14H2,1H3,(H,18,19)/b3-2-. The van der Waals surface area contributed by atoms with Crippen molar-refractivity contribution in [3.63, 3.8) is 0 Å². The van der Waals surface area contributed by atoms with Gasteiger partial charge in [-0.05, 0) is 31.9 Å². The second-order valence-corrected chi connectivity index (χ2v) is 4.49. The Balaban J connectivity index is 1.93. The molecule has 2 N–H and O–H groups in total. The zero-order valence-electron chi connectivity index (χ0n) is 11.7. The van der Waals surface area contributed by atoms with E-state index in [9.17, 15) is 4.79 Å². The van der Waals surface area contributed by atoms with Crippen LogP contribution in [-0.4, -0.2) is 19.0 Å². The molecule has 1 rings (SSSR count). The summed E-state index contributed by atoms with van der Waals surface area (Å²) in [5.74, 6) is 0.107. The van der Waals surface area contributed by atoms with Gasteiger partial charge in [-0.3, -0.25) is 4.79 Å². The Hall–Kier alpha value is -1.61. The average Bonchev–Trinajstić information content (AvgIpc) is 2.45. The number of unbranched alkanes of at least 4 members (excludes halogenated alkanes) is 1. The van der Waals surface area contributed by atoms with Crippen molar-refractivity contribution in [3.05, 3.63) is 48.0 Å². The molecular weight excluding hydrogens is 236 g/mol. The van der Waals surface area contributed by atoms with Crippen LogP contribution in [0, 0.1) is 0 Å². The highest BCUT2D eigenvalue weighted by molar-refractivity contribution is 5.77. The van der Waals surface area contributed by atoms with Gasteiger partial charge < -0.3 is 10.6 Å². The average molecular weight is 260 g/mol. The summed E-state index contributed by atoms with van der Waals surface area (Å²) in [5, 5.41) is 6.31. The van der Waals surface area contributed by atoms with Crippen molar-refractivity contribution in [2.45, 2.75) is 32.7 Å². The first-order chi connectivity index (χ1) is 9.33. The molecule has 0 atom stereocenters. The molecule has 0 aliphatic heterocycles. The summed E-state index contributed by atoms with van der Waals surface area (Å²) in [6.07, 6.45) is 6.35. The predicted octanol–water partition coefficient (Wildman–Crippen LogP) is 2.64. The molecule has 0 heterocycles. The summed E-state index contributed by atoms with van der Waals surface area (Å²) in [5.41, 5.74) is 1.31. The van der Waals surface area contributed by atoms with E-state index in [-0.39, 0.29) is 5.91 Å². The molecule has 104 valence electrons. The Morgan fingerprint density at radius 1 is 1.16 bits per heavy atom. The fourth-order valence-electron chi connectivity index (χ4n) is 1.73. The first-order valence-corrected chi connectivity index (χ1v) is 6.95. The van der Waals surface area contributed by atoms with E-state index in [0.29, 0.717) is 6.42 Å². The summed E-state index contributed by atoms with van der Waals surface area (Å²) in [6.45, 7) is 4.59. The van der Waals surface area contributed by atoms with Crippen LogP contribution in [0.5, 0.6) is 0 Å². The lowest BCUT2D eigenvalue weighted by molar-refractivity contribution is -0.120. The summed E-state index contributed by atoms with van der Waals surface area (Å²) in [4.78, 5) is 11.3. The molecule has 0 fully saturated rings. The SMILES string of the molecule is C/C=C\CC(=O)NCCCCNCc1ccccc1. The minimum Gasteiger partial charge on any atom is -0.356 e. The zero-order valence-corrected chi connectivity index (χ0v) is 11.7. The third-order valence-electron chi connectivity index (χ3n) is 2.81. The largest absolute Gasteiger partial charge is 0.356 e. The third-order valence-corrected chi connectivity index (χ3v) is 2.81. The van der Waals surface area contributed by atoms with E-state index in [4.69, 9.17) is 0 Å². The molecule has 1 aromatic carbocycles. The normalized spacial score (nSPS) is 10.8. The molecule has 0 bridgehead atoms. The van der Waals surface area contributed by atoms with E-state index in [2.05, 4.69) is 34.9 Å². The van der Waals surface area contributed by atoms with Gasteiger partial charge in [0.25, 0.3) is 0 Å². The molecule has 3 heteroatoms. The van der Waals surface area contributed by atoms with E-state index >= 15 is 0 Å². The molecule has 1 aromatic rings. The molecule has 19 heavy (non-hydrogen) atoms. The van der Waals surface area contributed by atoms with Crippen LogP contribution in [-0.2, 0) is 11.3 Å². The Morgan fingerprint density at radius 3 is 2.63 bits per heavy atom. The van der Waals surface area contributed by atoms with Gasteiger partial charge in [0.05, 0.1) is 0 Å². The van der Waals surface area contributed by atoms with Gasteiger partial charge in [0.2, 0.25) is 5.91 Å². The highest BCUT2D eigenvalue weighted by atomic mass is 16.1. The lowest BCUT2D eigenvalue weighted by Gasteiger charge is -2.06. The maximum atomic E-state index is 11.3. The van der Waals surface area contributed by atoms with Crippen LogP contribution in [0.4, 0.5) is 0 Å². The molecule has 0 aliphatic rings. The molecule has 0 saturated heterocycles. The van der Waals surface area contributed by atoms with Crippen LogP contribution in [0.1, 0.15) is 31.7 Å². The van der Waals surface area contributed by atoms with Crippen LogP contribution in [0.15, 0.2) is 42.5 Å². The van der Waals surface area contributed by atoms with Crippen LogP contribution in [0.3, 0.4) is 0 Å². The van der Waals surface area contributed by atoms with Crippen LogP contribution >= 0.6 is 0 Å². The Morgan fingerprint density at radius 2 is 1.89 bits per heavy atom. The summed E-state index contributed by atoms with van der Waals surface area (Å²) < 4.78 is 0. The van der Waals surface area contributed by atoms with Crippen molar-refractivity contribution in [3.8, 4) is 0 Å². The monoisotopic (exact) mass is 260 g/mol. The lowest BCUT2D eigenvalue weighted by atomic mass is 10.2. The molecule has 1 amide bonds. The third kappa shape index (κ3) is 8.16. The van der Waals surface area contributed by atoms with Gasteiger partial charge in [0, 0.05) is 19.5 Å². The van der Waals surface area contributed by atoms with E-state index in [1.807, 2.05) is 25.1 Å². The summed E-state index contributed by atoms with van der Waals surface area (Å²) in [6, 6.07) is 10.4. The van der Waals surface area contributed by atoms with Gasteiger partial charge in [-0.15, -0.1) is 0 Å². The number of nitrogens with one attached hydrogen (secondary N) is 2. The van der Waals surface area contributed by atoms with E-state index in [1.165, 1.54) is 5.56 Å². The number of carbonyl (C=O) groups is 1. The van der Waals surface area contributed by atoms with Crippen molar-refractivity contribution in [1.29, 1.82) is 0 Å². The van der Waals surface area contributed by atoms with Crippen molar-refractivity contribution in [2.75, 3.05) is 13.1 Å². The predicted molar refractivity (Wildman–Crippen MR) is 79.8 cm³/mol. The van der Waals surface area contributed by atoms with Gasteiger partial charge in [0.1, 0.15) is 0 Å². The first kappa shape index (κ1) is 15.4. The highest BCUT2D eigenvalue weighted by Gasteiger charge is 1.96. The number of hydrogen-bond acceptors (Lipinski definition) is 2. The second kappa shape index (κ2) is 10.3. The van der Waals surface area contributed by atoms with Gasteiger partial charge in [-0.1, -0.05) is 42.5 Å². The fourth-order valence-corrected chi connectivity index (χ4v) is 1.73. The smallest absolute Gasteiger partial charge is 0.223 e. The van der Waals surface area contributed by atoms with E-state index in [1.54, 1.807) is 0 Å². The number of hydrogen-bond donors (Lipinski definition) is 2. The van der Waals surface area contributed by atoms with Crippen molar-refractivity contribution in [2.24, 2.45) is 0 Å². The zero-order chi connectivity index (χ0) is 13.8. The van der Waals surface area contributed by atoms with Crippen molar-refractivity contribution < 1.29 is 4.79 Å². The Bertz CT molecular complexity index is 374. The van der Waals surface area contributed by atoms with Gasteiger partial charge >= 0.3 is 0 Å². The minimum absolute atomic E-state index is 0.107. The van der Waals surface area contributed by atoms with Crippen molar-refractivity contribution in [1.82, 2.24) is 10.6 Å². The lowest BCUT2D eigenvalue weighted by Crippen LogP contribution is -2.24. The maximum absolute atomic E-state index is 11.3. The fraction of sp³-hybridized carbons (Fsp3) is 0.438. The maximum Gasteiger partial charge on any atom is 0.223 e. The van der Waals surface area contributed by atoms with E-state index in [0.717, 1.165) is 32.5 Å². The minimum atomic E-state index is 0.107. The first-order valence-electron chi connectivity index (χ1n) is 6.95. The molecule has 0 aromatic heterocycles. The number of allylic oxidation sites excluding steroid dienone is 1. The van der Waals surface area contributed by atoms with Gasteiger partial charge in [-0.25, -0.2) is 0 Å². The molecule has 0 spiro atoms. The Kier molecular flexibility index (Phi) is 8.39.